The van der Waals surface area contributed by atoms with Crippen LogP contribution in [0.15, 0.2) is 47.2 Å². The van der Waals surface area contributed by atoms with Crippen LogP contribution < -0.4 is 4.90 Å². The highest BCUT2D eigenvalue weighted by atomic mass is 79.9. The minimum atomic E-state index is 0.0282. The van der Waals surface area contributed by atoms with Gasteiger partial charge in [0.2, 0.25) is 5.91 Å². The van der Waals surface area contributed by atoms with Gasteiger partial charge in [-0.15, -0.1) is 0 Å². The number of amides is 1. The summed E-state index contributed by atoms with van der Waals surface area (Å²) >= 11 is 3.32. The molecule has 2 aromatic rings. The van der Waals surface area contributed by atoms with E-state index in [2.05, 4.69) is 25.9 Å². The summed E-state index contributed by atoms with van der Waals surface area (Å²) in [6.45, 7) is 0. The van der Waals surface area contributed by atoms with E-state index in [1.165, 1.54) is 0 Å². The third-order valence-electron chi connectivity index (χ3n) is 2.75. The second kappa shape index (κ2) is 6.43. The van der Waals surface area contributed by atoms with Gasteiger partial charge in [-0.3, -0.25) is 14.7 Å². The lowest BCUT2D eigenvalue weighted by molar-refractivity contribution is -0.118. The van der Waals surface area contributed by atoms with E-state index in [4.69, 9.17) is 0 Å². The van der Waals surface area contributed by atoms with Gasteiger partial charge in [0.25, 0.3) is 0 Å². The van der Waals surface area contributed by atoms with E-state index in [0.717, 1.165) is 10.2 Å². The molecular formula is C14H14BrN3O. The Labute approximate surface area is 120 Å². The predicted molar refractivity (Wildman–Crippen MR) is 77.9 cm³/mol. The van der Waals surface area contributed by atoms with E-state index in [1.807, 2.05) is 30.3 Å². The number of rotatable bonds is 4. The molecule has 1 amide bonds. The highest BCUT2D eigenvalue weighted by molar-refractivity contribution is 9.10. The van der Waals surface area contributed by atoms with Crippen molar-refractivity contribution in [1.29, 1.82) is 0 Å². The maximum absolute atomic E-state index is 12.0. The van der Waals surface area contributed by atoms with Crippen LogP contribution in [-0.4, -0.2) is 22.9 Å². The molecule has 0 bridgehead atoms. The Balaban J connectivity index is 1.94. The molecule has 0 saturated heterocycles. The quantitative estimate of drug-likeness (QED) is 0.870. The number of hydrogen-bond donors (Lipinski definition) is 0. The summed E-state index contributed by atoms with van der Waals surface area (Å²) < 4.78 is 0.894. The lowest BCUT2D eigenvalue weighted by Gasteiger charge is -2.15. The Bertz CT molecular complexity index is 542. The summed E-state index contributed by atoms with van der Waals surface area (Å²) in [5, 5.41) is 0. The highest BCUT2D eigenvalue weighted by Gasteiger charge is 2.12. The molecule has 0 fully saturated rings. The SMILES string of the molecule is CN(C(=O)CCc1ccccn1)c1ccc(Br)cn1. The summed E-state index contributed by atoms with van der Waals surface area (Å²) in [6, 6.07) is 9.38. The zero-order valence-corrected chi connectivity index (χ0v) is 12.2. The van der Waals surface area contributed by atoms with Crippen LogP contribution in [0.1, 0.15) is 12.1 Å². The Morgan fingerprint density at radius 2 is 2.11 bits per heavy atom. The van der Waals surface area contributed by atoms with Crippen LogP contribution in [0.4, 0.5) is 5.82 Å². The average Bonchev–Trinajstić information content (AvgIpc) is 2.46. The van der Waals surface area contributed by atoms with Crippen LogP contribution in [0.3, 0.4) is 0 Å². The Morgan fingerprint density at radius 3 is 2.74 bits per heavy atom. The second-order valence-corrected chi connectivity index (χ2v) is 5.02. The Hall–Kier alpha value is -1.75. The fourth-order valence-electron chi connectivity index (χ4n) is 1.64. The number of pyridine rings is 2. The van der Waals surface area contributed by atoms with E-state index in [0.29, 0.717) is 18.7 Å². The lowest BCUT2D eigenvalue weighted by atomic mass is 10.2. The molecule has 0 aliphatic carbocycles. The molecule has 2 aromatic heterocycles. The van der Waals surface area contributed by atoms with Crippen LogP contribution in [0.25, 0.3) is 0 Å². The smallest absolute Gasteiger partial charge is 0.228 e. The number of nitrogens with zero attached hydrogens (tertiary/aromatic N) is 3. The molecule has 0 N–H and O–H groups in total. The van der Waals surface area contributed by atoms with Crippen molar-refractivity contribution in [2.45, 2.75) is 12.8 Å². The van der Waals surface area contributed by atoms with Crippen LogP contribution in [0.5, 0.6) is 0 Å². The molecule has 0 radical (unpaired) electrons. The zero-order valence-electron chi connectivity index (χ0n) is 10.6. The fourth-order valence-corrected chi connectivity index (χ4v) is 1.88. The first-order valence-electron chi connectivity index (χ1n) is 5.95. The van der Waals surface area contributed by atoms with Crippen molar-refractivity contribution in [3.05, 3.63) is 52.9 Å². The molecule has 98 valence electrons. The summed E-state index contributed by atoms with van der Waals surface area (Å²) in [7, 11) is 1.73. The van der Waals surface area contributed by atoms with Gasteiger partial charge in [-0.2, -0.15) is 0 Å². The van der Waals surface area contributed by atoms with Crippen molar-refractivity contribution in [2.24, 2.45) is 0 Å². The van der Waals surface area contributed by atoms with Gasteiger partial charge in [-0.1, -0.05) is 6.07 Å². The molecule has 0 aliphatic rings. The summed E-state index contributed by atoms with van der Waals surface area (Å²) in [5.74, 6) is 0.676. The predicted octanol–water partition coefficient (Wildman–Crippen LogP) is 2.83. The number of carbonyl (C=O) groups excluding carboxylic acids is 1. The molecule has 0 aliphatic heterocycles. The van der Waals surface area contributed by atoms with E-state index in [1.54, 1.807) is 24.3 Å². The van der Waals surface area contributed by atoms with Gasteiger partial charge < -0.3 is 0 Å². The van der Waals surface area contributed by atoms with E-state index >= 15 is 0 Å². The van der Waals surface area contributed by atoms with Gasteiger partial charge in [-0.25, -0.2) is 4.98 Å². The summed E-state index contributed by atoms with van der Waals surface area (Å²) in [6.07, 6.45) is 4.48. The highest BCUT2D eigenvalue weighted by Crippen LogP contribution is 2.14. The first-order valence-corrected chi connectivity index (χ1v) is 6.74. The number of halogens is 1. The number of anilines is 1. The van der Waals surface area contributed by atoms with Crippen LogP contribution in [-0.2, 0) is 11.2 Å². The number of carbonyl (C=O) groups is 1. The van der Waals surface area contributed by atoms with Crippen LogP contribution >= 0.6 is 15.9 Å². The van der Waals surface area contributed by atoms with Gasteiger partial charge in [0, 0.05) is 36.0 Å². The summed E-state index contributed by atoms with van der Waals surface area (Å²) in [5.41, 5.74) is 0.924. The van der Waals surface area contributed by atoms with Gasteiger partial charge >= 0.3 is 0 Å². The minimum Gasteiger partial charge on any atom is -0.300 e. The Kier molecular flexibility index (Phi) is 4.63. The molecule has 4 nitrogen and oxygen atoms in total. The third-order valence-corrected chi connectivity index (χ3v) is 3.22. The Morgan fingerprint density at radius 1 is 1.26 bits per heavy atom. The van der Waals surface area contributed by atoms with Gasteiger partial charge in [0.05, 0.1) is 0 Å². The van der Waals surface area contributed by atoms with Crippen LogP contribution in [0, 0.1) is 0 Å². The fraction of sp³-hybridized carbons (Fsp3) is 0.214. The number of aryl methyl sites for hydroxylation is 1. The van der Waals surface area contributed by atoms with Crippen molar-refractivity contribution in [2.75, 3.05) is 11.9 Å². The van der Waals surface area contributed by atoms with Crippen molar-refractivity contribution in [3.63, 3.8) is 0 Å². The molecule has 2 rings (SSSR count). The first-order chi connectivity index (χ1) is 9.16. The van der Waals surface area contributed by atoms with Gasteiger partial charge in [-0.05, 0) is 46.6 Å². The minimum absolute atomic E-state index is 0.0282. The maximum atomic E-state index is 12.0. The first kappa shape index (κ1) is 13.7. The van der Waals surface area contributed by atoms with Crippen molar-refractivity contribution in [1.82, 2.24) is 9.97 Å². The standard InChI is InChI=1S/C14H14BrN3O/c1-18(13-7-5-11(15)10-17-13)14(19)8-6-12-4-2-3-9-16-12/h2-5,7,9-10H,6,8H2,1H3. The molecule has 5 heteroatoms. The summed E-state index contributed by atoms with van der Waals surface area (Å²) in [4.78, 5) is 22.0. The number of hydrogen-bond acceptors (Lipinski definition) is 3. The molecule has 19 heavy (non-hydrogen) atoms. The van der Waals surface area contributed by atoms with E-state index in [-0.39, 0.29) is 5.91 Å². The third kappa shape index (κ3) is 3.86. The number of aromatic nitrogens is 2. The van der Waals surface area contributed by atoms with Gasteiger partial charge in [0.1, 0.15) is 5.82 Å². The normalized spacial score (nSPS) is 10.2. The molecule has 0 spiro atoms. The molecule has 2 heterocycles. The maximum Gasteiger partial charge on any atom is 0.228 e. The van der Waals surface area contributed by atoms with E-state index in [9.17, 15) is 4.79 Å². The molecule has 0 aromatic carbocycles. The zero-order chi connectivity index (χ0) is 13.7. The van der Waals surface area contributed by atoms with Crippen molar-refractivity contribution in [3.8, 4) is 0 Å². The lowest BCUT2D eigenvalue weighted by Crippen LogP contribution is -2.27. The van der Waals surface area contributed by atoms with E-state index < -0.39 is 0 Å². The van der Waals surface area contributed by atoms with Crippen LogP contribution in [0.2, 0.25) is 0 Å². The molecule has 0 atom stereocenters. The average molecular weight is 320 g/mol. The second-order valence-electron chi connectivity index (χ2n) is 4.11. The molecule has 0 unspecified atom stereocenters. The van der Waals surface area contributed by atoms with Crippen molar-refractivity contribution < 1.29 is 4.79 Å². The van der Waals surface area contributed by atoms with Crippen molar-refractivity contribution >= 4 is 27.7 Å². The largest absolute Gasteiger partial charge is 0.300 e. The monoisotopic (exact) mass is 319 g/mol. The van der Waals surface area contributed by atoms with Gasteiger partial charge in [0.15, 0.2) is 0 Å². The topological polar surface area (TPSA) is 46.1 Å². The molecule has 0 saturated carbocycles. The molecular weight excluding hydrogens is 306 g/mol.